The molecule has 1 aliphatic rings. The summed E-state index contributed by atoms with van der Waals surface area (Å²) in [5.41, 5.74) is 0.0153. The number of hydrogen-bond acceptors (Lipinski definition) is 2. The number of carbonyl (C=O) groups is 2. The summed E-state index contributed by atoms with van der Waals surface area (Å²) < 4.78 is 0. The van der Waals surface area contributed by atoms with Crippen molar-refractivity contribution in [2.45, 2.75) is 40.0 Å². The monoisotopic (exact) mass is 197 g/mol. The van der Waals surface area contributed by atoms with Crippen LogP contribution in [0.2, 0.25) is 0 Å². The van der Waals surface area contributed by atoms with Crippen molar-refractivity contribution in [3.05, 3.63) is 0 Å². The summed E-state index contributed by atoms with van der Waals surface area (Å²) in [4.78, 5) is 22.6. The van der Waals surface area contributed by atoms with Gasteiger partial charge >= 0.3 is 0 Å². The van der Waals surface area contributed by atoms with Crippen LogP contribution in [-0.4, -0.2) is 18.2 Å². The van der Waals surface area contributed by atoms with Crippen molar-refractivity contribution >= 4 is 11.7 Å². The van der Waals surface area contributed by atoms with Gasteiger partial charge in [0.15, 0.2) is 5.78 Å². The second kappa shape index (κ2) is 4.11. The zero-order chi connectivity index (χ0) is 10.8. The first-order chi connectivity index (χ1) is 6.38. The van der Waals surface area contributed by atoms with Gasteiger partial charge in [0.1, 0.15) is 0 Å². The smallest absolute Gasteiger partial charge is 0.223 e. The fourth-order valence-corrected chi connectivity index (χ4v) is 1.33. The Morgan fingerprint density at radius 1 is 1.29 bits per heavy atom. The fourth-order valence-electron chi connectivity index (χ4n) is 1.33. The average Bonchev–Trinajstić information content (AvgIpc) is 2.78. The number of amides is 1. The standard InChI is InChI=1S/C11H19NO2/c1-11(2,3)6-9(13)7-12-10(14)8-4-5-8/h8H,4-7H2,1-3H3,(H,12,14). The molecule has 0 spiro atoms. The predicted octanol–water partition coefficient (Wildman–Crippen LogP) is 1.52. The number of Topliss-reactive ketones (excluding diaryl/α,β-unsaturated/α-hetero) is 1. The van der Waals surface area contributed by atoms with Crippen molar-refractivity contribution in [2.24, 2.45) is 11.3 Å². The van der Waals surface area contributed by atoms with E-state index in [4.69, 9.17) is 0 Å². The van der Waals surface area contributed by atoms with Crippen molar-refractivity contribution in [2.75, 3.05) is 6.54 Å². The van der Waals surface area contributed by atoms with Crippen molar-refractivity contribution in [1.29, 1.82) is 0 Å². The van der Waals surface area contributed by atoms with Gasteiger partial charge in [-0.25, -0.2) is 0 Å². The topological polar surface area (TPSA) is 46.2 Å². The molecule has 0 aliphatic heterocycles. The molecule has 0 unspecified atom stereocenters. The quantitative estimate of drug-likeness (QED) is 0.742. The van der Waals surface area contributed by atoms with Crippen LogP contribution in [0.15, 0.2) is 0 Å². The zero-order valence-corrected chi connectivity index (χ0v) is 9.22. The Labute approximate surface area is 85.3 Å². The van der Waals surface area contributed by atoms with Gasteiger partial charge in [-0.05, 0) is 18.3 Å². The van der Waals surface area contributed by atoms with Gasteiger partial charge in [-0.2, -0.15) is 0 Å². The fraction of sp³-hybridized carbons (Fsp3) is 0.818. The number of hydrogen-bond donors (Lipinski definition) is 1. The molecule has 0 atom stereocenters. The molecule has 0 heterocycles. The lowest BCUT2D eigenvalue weighted by Crippen LogP contribution is -2.32. The van der Waals surface area contributed by atoms with Gasteiger partial charge in [0.05, 0.1) is 6.54 Å². The van der Waals surface area contributed by atoms with Gasteiger partial charge in [0.25, 0.3) is 0 Å². The summed E-state index contributed by atoms with van der Waals surface area (Å²) in [5, 5.41) is 2.68. The Bertz CT molecular complexity index is 236. The third-order valence-corrected chi connectivity index (χ3v) is 2.14. The van der Waals surface area contributed by atoms with E-state index in [0.29, 0.717) is 6.42 Å². The van der Waals surface area contributed by atoms with E-state index in [-0.39, 0.29) is 29.6 Å². The minimum Gasteiger partial charge on any atom is -0.349 e. The highest BCUT2D eigenvalue weighted by molar-refractivity contribution is 5.88. The molecule has 1 fully saturated rings. The number of carbonyl (C=O) groups excluding carboxylic acids is 2. The van der Waals surface area contributed by atoms with E-state index in [1.165, 1.54) is 0 Å². The molecule has 3 heteroatoms. The van der Waals surface area contributed by atoms with Crippen LogP contribution < -0.4 is 5.32 Å². The van der Waals surface area contributed by atoms with Gasteiger partial charge in [0.2, 0.25) is 5.91 Å². The van der Waals surface area contributed by atoms with E-state index in [1.807, 2.05) is 20.8 Å². The Morgan fingerprint density at radius 2 is 1.86 bits per heavy atom. The Balaban J connectivity index is 2.17. The molecule has 1 N–H and O–H groups in total. The largest absolute Gasteiger partial charge is 0.349 e. The van der Waals surface area contributed by atoms with Crippen LogP contribution in [0.4, 0.5) is 0 Å². The molecule has 1 saturated carbocycles. The average molecular weight is 197 g/mol. The molecular weight excluding hydrogens is 178 g/mol. The molecule has 0 radical (unpaired) electrons. The lowest BCUT2D eigenvalue weighted by atomic mass is 9.90. The van der Waals surface area contributed by atoms with Crippen LogP contribution >= 0.6 is 0 Å². The van der Waals surface area contributed by atoms with Gasteiger partial charge < -0.3 is 5.32 Å². The summed E-state index contributed by atoms with van der Waals surface area (Å²) in [6.45, 7) is 6.27. The Kier molecular flexibility index (Phi) is 3.29. The van der Waals surface area contributed by atoms with Crippen LogP contribution in [0.25, 0.3) is 0 Å². The Hall–Kier alpha value is -0.860. The molecule has 3 nitrogen and oxygen atoms in total. The van der Waals surface area contributed by atoms with E-state index in [9.17, 15) is 9.59 Å². The minimum absolute atomic E-state index is 0.0153. The van der Waals surface area contributed by atoms with Gasteiger partial charge in [-0.3, -0.25) is 9.59 Å². The molecule has 1 amide bonds. The maximum atomic E-state index is 11.4. The van der Waals surface area contributed by atoms with E-state index in [1.54, 1.807) is 0 Å². The first-order valence-electron chi connectivity index (χ1n) is 5.18. The maximum Gasteiger partial charge on any atom is 0.223 e. The minimum atomic E-state index is 0.0153. The van der Waals surface area contributed by atoms with Gasteiger partial charge in [-0.1, -0.05) is 20.8 Å². The van der Waals surface area contributed by atoms with Crippen molar-refractivity contribution in [1.82, 2.24) is 5.32 Å². The van der Waals surface area contributed by atoms with Crippen LogP contribution in [-0.2, 0) is 9.59 Å². The third-order valence-electron chi connectivity index (χ3n) is 2.14. The molecule has 0 bridgehead atoms. The Morgan fingerprint density at radius 3 is 2.29 bits per heavy atom. The lowest BCUT2D eigenvalue weighted by Gasteiger charge is -2.16. The van der Waals surface area contributed by atoms with Crippen molar-refractivity contribution in [3.63, 3.8) is 0 Å². The number of nitrogens with one attached hydrogen (secondary N) is 1. The summed E-state index contributed by atoms with van der Waals surface area (Å²) in [6.07, 6.45) is 2.50. The first kappa shape index (κ1) is 11.2. The second-order valence-electron chi connectivity index (χ2n) is 5.27. The first-order valence-corrected chi connectivity index (χ1v) is 5.18. The maximum absolute atomic E-state index is 11.4. The van der Waals surface area contributed by atoms with E-state index < -0.39 is 0 Å². The molecule has 0 aromatic heterocycles. The van der Waals surface area contributed by atoms with Crippen LogP contribution in [0.1, 0.15) is 40.0 Å². The summed E-state index contributed by atoms with van der Waals surface area (Å²) >= 11 is 0. The third kappa shape index (κ3) is 4.40. The molecule has 0 aromatic rings. The predicted molar refractivity (Wildman–Crippen MR) is 54.8 cm³/mol. The highest BCUT2D eigenvalue weighted by atomic mass is 16.2. The van der Waals surface area contributed by atoms with Crippen LogP contribution in [0.5, 0.6) is 0 Å². The van der Waals surface area contributed by atoms with Crippen molar-refractivity contribution in [3.8, 4) is 0 Å². The molecule has 0 saturated heterocycles. The molecule has 0 aromatic carbocycles. The number of ketones is 1. The normalized spacial score (nSPS) is 16.5. The van der Waals surface area contributed by atoms with E-state index in [0.717, 1.165) is 12.8 Å². The van der Waals surface area contributed by atoms with Crippen LogP contribution in [0.3, 0.4) is 0 Å². The zero-order valence-electron chi connectivity index (χ0n) is 9.22. The van der Waals surface area contributed by atoms with Crippen LogP contribution in [0, 0.1) is 11.3 Å². The molecule has 80 valence electrons. The molecular formula is C11H19NO2. The van der Waals surface area contributed by atoms with Gasteiger partial charge in [-0.15, -0.1) is 0 Å². The number of rotatable bonds is 4. The molecule has 1 aliphatic carbocycles. The molecule has 1 rings (SSSR count). The SMILES string of the molecule is CC(C)(C)CC(=O)CNC(=O)C1CC1. The molecule has 14 heavy (non-hydrogen) atoms. The van der Waals surface area contributed by atoms with E-state index >= 15 is 0 Å². The second-order valence-corrected chi connectivity index (χ2v) is 5.27. The summed E-state index contributed by atoms with van der Waals surface area (Å²) in [6, 6.07) is 0. The lowest BCUT2D eigenvalue weighted by molar-refractivity contribution is -0.126. The highest BCUT2D eigenvalue weighted by Gasteiger charge is 2.29. The van der Waals surface area contributed by atoms with Crippen molar-refractivity contribution < 1.29 is 9.59 Å². The van der Waals surface area contributed by atoms with Gasteiger partial charge in [0, 0.05) is 12.3 Å². The summed E-state index contributed by atoms with van der Waals surface area (Å²) in [5.74, 6) is 0.358. The van der Waals surface area contributed by atoms with E-state index in [2.05, 4.69) is 5.32 Å². The summed E-state index contributed by atoms with van der Waals surface area (Å²) in [7, 11) is 0. The highest BCUT2D eigenvalue weighted by Crippen LogP contribution is 2.28.